The molecule has 1 aliphatic heterocycles. The molecule has 1 fully saturated rings. The SMILES string of the molecule is Cc1cn([C@H]2C[C@@](O)(CN=[N+]=[N-])[C@@H](COP(=O)(O)OP(=O)(O)OP(=O)(O)O)O2)c(=O)[nH]c1=O. The summed E-state index contributed by atoms with van der Waals surface area (Å²) in [5.74, 6) is 0. The lowest BCUT2D eigenvalue weighted by molar-refractivity contribution is -0.0771. The number of aliphatic hydroxyl groups is 1. The zero-order valence-corrected chi connectivity index (χ0v) is 19.1. The third kappa shape index (κ3) is 7.67. The van der Waals surface area contributed by atoms with E-state index in [0.29, 0.717) is 0 Å². The van der Waals surface area contributed by atoms with E-state index in [1.54, 1.807) is 0 Å². The number of aryl methyl sites for hydroxylation is 1. The molecule has 1 aromatic rings. The zero-order chi connectivity index (χ0) is 25.2. The quantitative estimate of drug-likeness (QED) is 0.0951. The van der Waals surface area contributed by atoms with Crippen LogP contribution in [0.5, 0.6) is 0 Å². The molecule has 2 rings (SSSR count). The van der Waals surface area contributed by atoms with Crippen LogP contribution in [0.25, 0.3) is 10.4 Å². The molecular formula is C11H18N5O14P3. The van der Waals surface area contributed by atoms with Gasteiger partial charge in [0, 0.05) is 23.1 Å². The maximum absolute atomic E-state index is 12.1. The van der Waals surface area contributed by atoms with Gasteiger partial charge < -0.3 is 29.4 Å². The van der Waals surface area contributed by atoms with Crippen molar-refractivity contribution in [3.05, 3.63) is 43.0 Å². The van der Waals surface area contributed by atoms with Gasteiger partial charge in [-0.1, -0.05) is 5.11 Å². The molecule has 0 amide bonds. The molecule has 2 heterocycles. The summed E-state index contributed by atoms with van der Waals surface area (Å²) in [6, 6.07) is 0. The Hall–Kier alpha value is -1.68. The number of phosphoric acid groups is 3. The molecule has 1 saturated heterocycles. The highest BCUT2D eigenvalue weighted by Gasteiger charge is 2.50. The number of nitrogens with zero attached hydrogens (tertiary/aromatic N) is 4. The van der Waals surface area contributed by atoms with Crippen molar-refractivity contribution in [2.24, 2.45) is 5.11 Å². The van der Waals surface area contributed by atoms with E-state index in [9.17, 15) is 33.3 Å². The molecule has 186 valence electrons. The van der Waals surface area contributed by atoms with Crippen LogP contribution in [0.4, 0.5) is 0 Å². The van der Waals surface area contributed by atoms with Gasteiger partial charge in [0.2, 0.25) is 0 Å². The minimum absolute atomic E-state index is 0.105. The van der Waals surface area contributed by atoms with Crippen LogP contribution in [0, 0.1) is 6.92 Å². The molecule has 2 unspecified atom stereocenters. The van der Waals surface area contributed by atoms with Crippen molar-refractivity contribution in [2.75, 3.05) is 13.2 Å². The highest BCUT2D eigenvalue weighted by molar-refractivity contribution is 7.66. The second-order valence-electron chi connectivity index (χ2n) is 6.64. The van der Waals surface area contributed by atoms with Crippen LogP contribution < -0.4 is 11.2 Å². The first-order valence-electron chi connectivity index (χ1n) is 8.46. The van der Waals surface area contributed by atoms with E-state index < -0.39 is 72.2 Å². The van der Waals surface area contributed by atoms with E-state index in [4.69, 9.17) is 24.9 Å². The molecule has 0 radical (unpaired) electrons. The Kier molecular flexibility index (Phi) is 8.27. The third-order valence-corrected chi connectivity index (χ3v) is 7.92. The second-order valence-corrected chi connectivity index (χ2v) is 11.1. The van der Waals surface area contributed by atoms with Crippen LogP contribution in [-0.4, -0.2) is 59.1 Å². The highest BCUT2D eigenvalue weighted by atomic mass is 31.3. The summed E-state index contributed by atoms with van der Waals surface area (Å²) in [6.07, 6.45) is -2.19. The summed E-state index contributed by atoms with van der Waals surface area (Å²) in [4.78, 5) is 63.9. The van der Waals surface area contributed by atoms with E-state index in [0.717, 1.165) is 10.8 Å². The van der Waals surface area contributed by atoms with Gasteiger partial charge in [-0.3, -0.25) is 18.9 Å². The molecular weight excluding hydrogens is 519 g/mol. The number of phosphoric ester groups is 1. The summed E-state index contributed by atoms with van der Waals surface area (Å²) >= 11 is 0. The number of hydrogen-bond acceptors (Lipinski definition) is 11. The number of hydrogen-bond donors (Lipinski definition) is 6. The first-order valence-corrected chi connectivity index (χ1v) is 13.0. The molecule has 5 atom stereocenters. The van der Waals surface area contributed by atoms with Crippen LogP contribution in [0.15, 0.2) is 20.9 Å². The minimum atomic E-state index is -5.77. The Morgan fingerprint density at radius 3 is 2.48 bits per heavy atom. The summed E-state index contributed by atoms with van der Waals surface area (Å²) in [5, 5.41) is 14.0. The Morgan fingerprint density at radius 2 is 1.91 bits per heavy atom. The van der Waals surface area contributed by atoms with E-state index in [-0.39, 0.29) is 5.56 Å². The van der Waals surface area contributed by atoms with Gasteiger partial charge in [-0.25, -0.2) is 18.5 Å². The van der Waals surface area contributed by atoms with Gasteiger partial charge in [0.15, 0.2) is 0 Å². The van der Waals surface area contributed by atoms with Crippen LogP contribution >= 0.6 is 23.5 Å². The van der Waals surface area contributed by atoms with Crippen molar-refractivity contribution >= 4 is 23.5 Å². The maximum Gasteiger partial charge on any atom is 0.490 e. The number of ether oxygens (including phenoxy) is 1. The molecule has 22 heteroatoms. The predicted octanol–water partition coefficient (Wildman–Crippen LogP) is -0.483. The standard InChI is InChI=1S/C11H18N5O14P3/c1-6-3-16(10(18)14-9(6)17)8-2-11(19,5-13-15-12)7(28-8)4-27-32(23,24)30-33(25,26)29-31(20,21)22/h3,7-8,19H,2,4-5H2,1H3,(H,23,24)(H,25,26)(H,14,17,18)(H2,20,21,22)/t7-,8-,11-/m1/s1. The Bertz CT molecular complexity index is 1200. The fourth-order valence-electron chi connectivity index (χ4n) is 2.74. The number of aromatic amines is 1. The summed E-state index contributed by atoms with van der Waals surface area (Å²) in [7, 11) is -16.9. The highest BCUT2D eigenvalue weighted by Crippen LogP contribution is 2.66. The largest absolute Gasteiger partial charge is 0.490 e. The Labute approximate surface area is 182 Å². The van der Waals surface area contributed by atoms with Crippen molar-refractivity contribution in [3.8, 4) is 0 Å². The van der Waals surface area contributed by atoms with Crippen LogP contribution in [0.3, 0.4) is 0 Å². The summed E-state index contributed by atoms with van der Waals surface area (Å²) in [6.45, 7) is -0.348. The number of azide groups is 1. The van der Waals surface area contributed by atoms with Gasteiger partial charge >= 0.3 is 29.2 Å². The predicted molar refractivity (Wildman–Crippen MR) is 103 cm³/mol. The van der Waals surface area contributed by atoms with Crippen molar-refractivity contribution in [1.82, 2.24) is 9.55 Å². The van der Waals surface area contributed by atoms with Gasteiger partial charge in [-0.05, 0) is 12.5 Å². The Morgan fingerprint density at radius 1 is 1.27 bits per heavy atom. The van der Waals surface area contributed by atoms with Crippen molar-refractivity contribution in [1.29, 1.82) is 0 Å². The normalized spacial score (nSPS) is 26.8. The van der Waals surface area contributed by atoms with Crippen molar-refractivity contribution < 1.29 is 56.3 Å². The molecule has 33 heavy (non-hydrogen) atoms. The van der Waals surface area contributed by atoms with Gasteiger partial charge in [0.25, 0.3) is 5.56 Å². The zero-order valence-electron chi connectivity index (χ0n) is 16.4. The first kappa shape index (κ1) is 27.6. The minimum Gasteiger partial charge on any atom is -0.387 e. The van der Waals surface area contributed by atoms with Gasteiger partial charge in [0.1, 0.15) is 17.9 Å². The number of aromatic nitrogens is 2. The molecule has 1 aromatic heterocycles. The average Bonchev–Trinajstić information content (AvgIpc) is 2.95. The molecule has 0 aromatic carbocycles. The molecule has 1 aliphatic rings. The van der Waals surface area contributed by atoms with Crippen LogP contribution in [0.1, 0.15) is 18.2 Å². The third-order valence-electron chi connectivity index (χ3n) is 4.12. The van der Waals surface area contributed by atoms with E-state index in [1.165, 1.54) is 6.92 Å². The molecule has 0 saturated carbocycles. The molecule has 6 N–H and O–H groups in total. The maximum atomic E-state index is 12.1. The molecule has 0 aliphatic carbocycles. The number of nitrogens with one attached hydrogen (secondary N) is 1. The van der Waals surface area contributed by atoms with E-state index in [1.807, 2.05) is 4.98 Å². The van der Waals surface area contributed by atoms with Gasteiger partial charge in [-0.2, -0.15) is 8.62 Å². The van der Waals surface area contributed by atoms with E-state index >= 15 is 0 Å². The summed E-state index contributed by atoms with van der Waals surface area (Å²) < 4.78 is 51.9. The number of H-pyrrole nitrogens is 1. The summed E-state index contributed by atoms with van der Waals surface area (Å²) in [5.41, 5.74) is 4.95. The monoisotopic (exact) mass is 537 g/mol. The Balaban J connectivity index is 2.23. The topological polar surface area (TPSA) is 293 Å². The van der Waals surface area contributed by atoms with Gasteiger partial charge in [0.05, 0.1) is 13.2 Å². The average molecular weight is 537 g/mol. The molecule has 19 nitrogen and oxygen atoms in total. The second kappa shape index (κ2) is 9.90. The lowest BCUT2D eigenvalue weighted by Crippen LogP contribution is -2.43. The van der Waals surface area contributed by atoms with Crippen molar-refractivity contribution in [2.45, 2.75) is 31.3 Å². The fraction of sp³-hybridized carbons (Fsp3) is 0.636. The lowest BCUT2D eigenvalue weighted by Gasteiger charge is -2.26. The smallest absolute Gasteiger partial charge is 0.387 e. The van der Waals surface area contributed by atoms with E-state index in [2.05, 4.69) is 23.2 Å². The molecule has 0 bridgehead atoms. The van der Waals surface area contributed by atoms with Crippen LogP contribution in [0.2, 0.25) is 0 Å². The van der Waals surface area contributed by atoms with Gasteiger partial charge in [-0.15, -0.1) is 0 Å². The van der Waals surface area contributed by atoms with Crippen molar-refractivity contribution in [3.63, 3.8) is 0 Å². The lowest BCUT2D eigenvalue weighted by atomic mass is 9.95. The number of rotatable bonds is 10. The van der Waals surface area contributed by atoms with Crippen LogP contribution in [-0.2, 0) is 31.6 Å². The fourth-order valence-corrected chi connectivity index (χ4v) is 5.76. The first-order chi connectivity index (χ1) is 15.0. The molecule has 0 spiro atoms.